The quantitative estimate of drug-likeness (QED) is 0.233. The van der Waals surface area contributed by atoms with Gasteiger partial charge in [-0.25, -0.2) is 9.97 Å². The van der Waals surface area contributed by atoms with Gasteiger partial charge in [-0.05, 0) is 74.6 Å². The second-order valence-corrected chi connectivity index (χ2v) is 9.56. The van der Waals surface area contributed by atoms with Gasteiger partial charge in [0.2, 0.25) is 0 Å². The van der Waals surface area contributed by atoms with E-state index in [0.29, 0.717) is 5.82 Å². The standard InChI is InChI=1S/C31H32N4O/c1-21(2)18-28-22(3)33-30(27-14-17-36-20-27)34-31(28)32-15-5-6-23-7-9-24(10-8-23)25-11-12-29-26(19-25)13-16-35(29)4/h7-14,16-20H,5-6,15H2,1-4H3,(H,32,33,34). The molecule has 0 aliphatic carbocycles. The minimum absolute atomic E-state index is 0.680. The molecule has 2 aromatic carbocycles. The van der Waals surface area contributed by atoms with Gasteiger partial charge in [-0.15, -0.1) is 0 Å². The third kappa shape index (κ3) is 5.10. The van der Waals surface area contributed by atoms with Gasteiger partial charge in [0.25, 0.3) is 0 Å². The number of aryl methyl sites for hydroxylation is 3. The summed E-state index contributed by atoms with van der Waals surface area (Å²) in [6, 6.07) is 19.7. The van der Waals surface area contributed by atoms with E-state index in [-0.39, 0.29) is 0 Å². The summed E-state index contributed by atoms with van der Waals surface area (Å²) in [7, 11) is 2.08. The molecule has 0 aliphatic rings. The molecule has 0 aliphatic heterocycles. The number of furan rings is 1. The van der Waals surface area contributed by atoms with E-state index >= 15 is 0 Å². The van der Waals surface area contributed by atoms with Crippen molar-refractivity contribution in [2.45, 2.75) is 33.6 Å². The van der Waals surface area contributed by atoms with Gasteiger partial charge in [0.05, 0.1) is 17.5 Å². The van der Waals surface area contributed by atoms with Crippen molar-refractivity contribution in [3.05, 3.63) is 95.7 Å². The van der Waals surface area contributed by atoms with Gasteiger partial charge >= 0.3 is 0 Å². The fourth-order valence-corrected chi connectivity index (χ4v) is 4.52. The van der Waals surface area contributed by atoms with Crippen LogP contribution in [-0.2, 0) is 13.5 Å². The van der Waals surface area contributed by atoms with Crippen LogP contribution in [0.4, 0.5) is 5.82 Å². The van der Waals surface area contributed by atoms with Crippen molar-refractivity contribution in [1.82, 2.24) is 14.5 Å². The first-order valence-corrected chi connectivity index (χ1v) is 12.4. The molecule has 5 aromatic rings. The lowest BCUT2D eigenvalue weighted by Crippen LogP contribution is -2.09. The molecule has 0 atom stereocenters. The number of aromatic nitrogens is 3. The fourth-order valence-electron chi connectivity index (χ4n) is 4.52. The summed E-state index contributed by atoms with van der Waals surface area (Å²) < 4.78 is 7.39. The number of benzene rings is 2. The Bertz CT molecular complexity index is 1500. The maximum absolute atomic E-state index is 5.23. The molecule has 0 unspecified atom stereocenters. The zero-order chi connectivity index (χ0) is 25.1. The Hall–Kier alpha value is -4.12. The molecule has 5 rings (SSSR count). The summed E-state index contributed by atoms with van der Waals surface area (Å²) in [5.74, 6) is 1.55. The summed E-state index contributed by atoms with van der Waals surface area (Å²) in [6.07, 6.45) is 9.59. The minimum Gasteiger partial charge on any atom is -0.472 e. The Labute approximate surface area is 212 Å². The second-order valence-electron chi connectivity index (χ2n) is 9.56. The van der Waals surface area contributed by atoms with E-state index in [1.165, 1.54) is 33.2 Å². The molecule has 3 heterocycles. The van der Waals surface area contributed by atoms with Crippen LogP contribution in [-0.4, -0.2) is 21.1 Å². The van der Waals surface area contributed by atoms with Crippen LogP contribution in [0.15, 0.2) is 83.3 Å². The summed E-state index contributed by atoms with van der Waals surface area (Å²) in [4.78, 5) is 9.51. The summed E-state index contributed by atoms with van der Waals surface area (Å²) in [5, 5.41) is 4.83. The highest BCUT2D eigenvalue weighted by molar-refractivity contribution is 5.85. The highest BCUT2D eigenvalue weighted by Gasteiger charge is 2.12. The largest absolute Gasteiger partial charge is 0.472 e. The number of anilines is 1. The summed E-state index contributed by atoms with van der Waals surface area (Å²) in [6.45, 7) is 7.04. The maximum atomic E-state index is 5.23. The number of nitrogens with one attached hydrogen (secondary N) is 1. The summed E-state index contributed by atoms with van der Waals surface area (Å²) in [5.41, 5.74) is 9.19. The monoisotopic (exact) mass is 476 g/mol. The molecule has 182 valence electrons. The average molecular weight is 477 g/mol. The average Bonchev–Trinajstić information content (AvgIpc) is 3.54. The first-order chi connectivity index (χ1) is 17.5. The first-order valence-electron chi connectivity index (χ1n) is 12.4. The van der Waals surface area contributed by atoms with E-state index in [4.69, 9.17) is 14.4 Å². The van der Waals surface area contributed by atoms with E-state index in [9.17, 15) is 0 Å². The number of nitrogens with zero attached hydrogens (tertiary/aromatic N) is 3. The molecule has 3 aromatic heterocycles. The molecular formula is C31H32N4O. The molecule has 1 N–H and O–H groups in total. The van der Waals surface area contributed by atoms with Crippen molar-refractivity contribution in [1.29, 1.82) is 0 Å². The minimum atomic E-state index is 0.680. The molecule has 0 bridgehead atoms. The van der Waals surface area contributed by atoms with Crippen LogP contribution in [0, 0.1) is 6.92 Å². The lowest BCUT2D eigenvalue weighted by molar-refractivity contribution is 0.568. The van der Waals surface area contributed by atoms with Gasteiger partial charge in [0.1, 0.15) is 12.1 Å². The Morgan fingerprint density at radius 2 is 1.78 bits per heavy atom. The van der Waals surface area contributed by atoms with Crippen molar-refractivity contribution in [3.8, 4) is 22.5 Å². The number of hydrogen-bond acceptors (Lipinski definition) is 4. The Morgan fingerprint density at radius 3 is 2.53 bits per heavy atom. The molecule has 0 fully saturated rings. The smallest absolute Gasteiger partial charge is 0.165 e. The van der Waals surface area contributed by atoms with Gasteiger partial charge in [-0.3, -0.25) is 0 Å². The van der Waals surface area contributed by atoms with Crippen molar-refractivity contribution >= 4 is 22.8 Å². The lowest BCUT2D eigenvalue weighted by Gasteiger charge is -2.13. The fraction of sp³-hybridized carbons (Fsp3) is 0.226. The number of hydrogen-bond donors (Lipinski definition) is 1. The zero-order valence-corrected chi connectivity index (χ0v) is 21.4. The SMILES string of the molecule is CC(C)=Cc1c(C)nc(-c2ccoc2)nc1NCCCc1ccc(-c2ccc3c(ccn3C)c2)cc1. The van der Waals surface area contributed by atoms with E-state index in [0.717, 1.165) is 42.0 Å². The molecule has 0 radical (unpaired) electrons. The van der Waals surface area contributed by atoms with Gasteiger partial charge in [-0.2, -0.15) is 0 Å². The van der Waals surface area contributed by atoms with E-state index in [2.05, 4.69) is 91.6 Å². The van der Waals surface area contributed by atoms with Gasteiger partial charge < -0.3 is 14.3 Å². The Morgan fingerprint density at radius 1 is 0.972 bits per heavy atom. The Kier molecular flexibility index (Phi) is 6.72. The molecule has 0 spiro atoms. The third-order valence-electron chi connectivity index (χ3n) is 6.46. The van der Waals surface area contributed by atoms with Crippen LogP contribution >= 0.6 is 0 Å². The normalized spacial score (nSPS) is 11.1. The summed E-state index contributed by atoms with van der Waals surface area (Å²) >= 11 is 0. The van der Waals surface area contributed by atoms with Crippen molar-refractivity contribution in [3.63, 3.8) is 0 Å². The van der Waals surface area contributed by atoms with Crippen LogP contribution in [0.3, 0.4) is 0 Å². The van der Waals surface area contributed by atoms with Crippen molar-refractivity contribution in [2.75, 3.05) is 11.9 Å². The number of rotatable bonds is 8. The number of fused-ring (bicyclic) bond motifs is 1. The molecule has 5 heteroatoms. The molecule has 5 nitrogen and oxygen atoms in total. The van der Waals surface area contributed by atoms with E-state index in [1.54, 1.807) is 12.5 Å². The first kappa shape index (κ1) is 23.6. The molecule has 0 amide bonds. The highest BCUT2D eigenvalue weighted by atomic mass is 16.3. The molecule has 36 heavy (non-hydrogen) atoms. The van der Waals surface area contributed by atoms with Gasteiger partial charge in [0, 0.05) is 36.3 Å². The van der Waals surface area contributed by atoms with Crippen molar-refractivity contribution < 1.29 is 4.42 Å². The number of allylic oxidation sites excluding steroid dienone is 1. The van der Waals surface area contributed by atoms with Crippen LogP contribution < -0.4 is 5.32 Å². The second kappa shape index (κ2) is 10.2. The predicted octanol–water partition coefficient (Wildman–Crippen LogP) is 7.67. The van der Waals surface area contributed by atoms with Crippen LogP contribution in [0.25, 0.3) is 39.5 Å². The zero-order valence-electron chi connectivity index (χ0n) is 21.4. The van der Waals surface area contributed by atoms with E-state index in [1.807, 2.05) is 13.0 Å². The topological polar surface area (TPSA) is 55.9 Å². The Balaban J connectivity index is 1.24. The van der Waals surface area contributed by atoms with Crippen LogP contribution in [0.5, 0.6) is 0 Å². The third-order valence-corrected chi connectivity index (χ3v) is 6.46. The highest BCUT2D eigenvalue weighted by Crippen LogP contribution is 2.27. The molecule has 0 saturated heterocycles. The maximum Gasteiger partial charge on any atom is 0.165 e. The molecule has 0 saturated carbocycles. The van der Waals surface area contributed by atoms with Gasteiger partial charge in [0.15, 0.2) is 5.82 Å². The van der Waals surface area contributed by atoms with Crippen LogP contribution in [0.2, 0.25) is 0 Å². The van der Waals surface area contributed by atoms with Gasteiger partial charge in [-0.1, -0.05) is 42.0 Å². The lowest BCUT2D eigenvalue weighted by atomic mass is 10.0. The van der Waals surface area contributed by atoms with E-state index < -0.39 is 0 Å². The predicted molar refractivity (Wildman–Crippen MR) is 149 cm³/mol. The van der Waals surface area contributed by atoms with Crippen LogP contribution in [0.1, 0.15) is 37.1 Å². The molecular weight excluding hydrogens is 444 g/mol. The van der Waals surface area contributed by atoms with Crippen molar-refractivity contribution in [2.24, 2.45) is 7.05 Å².